The van der Waals surface area contributed by atoms with Crippen molar-refractivity contribution in [3.8, 4) is 0 Å². The quantitative estimate of drug-likeness (QED) is 0.687. The molecule has 162 valence electrons. The minimum Gasteiger partial charge on any atom is -0.383 e. The first-order valence-corrected chi connectivity index (χ1v) is 11.1. The lowest BCUT2D eigenvalue weighted by atomic mass is 10.1. The Balaban J connectivity index is 1.96. The van der Waals surface area contributed by atoms with Gasteiger partial charge < -0.3 is 15.5 Å². The Hall–Kier alpha value is -2.88. The van der Waals surface area contributed by atoms with Crippen LogP contribution >= 0.6 is 11.3 Å². The number of anilines is 2. The number of hydrogen-bond donors (Lipinski definition) is 2. The van der Waals surface area contributed by atoms with E-state index in [4.69, 9.17) is 5.73 Å². The van der Waals surface area contributed by atoms with Crippen molar-refractivity contribution in [2.75, 3.05) is 23.7 Å². The van der Waals surface area contributed by atoms with E-state index in [2.05, 4.69) is 4.98 Å². The molecule has 0 saturated carbocycles. The summed E-state index contributed by atoms with van der Waals surface area (Å²) in [7, 11) is 0. The van der Waals surface area contributed by atoms with Crippen molar-refractivity contribution < 1.29 is 9.59 Å². The van der Waals surface area contributed by atoms with Crippen LogP contribution in [0.3, 0.4) is 0 Å². The molecule has 9 nitrogen and oxygen atoms in total. The molecule has 0 aromatic carbocycles. The van der Waals surface area contributed by atoms with Crippen LogP contribution < -0.4 is 21.9 Å². The van der Waals surface area contributed by atoms with Gasteiger partial charge in [-0.3, -0.25) is 23.9 Å². The summed E-state index contributed by atoms with van der Waals surface area (Å²) in [6, 6.07) is 2.86. The second-order valence-corrected chi connectivity index (χ2v) is 8.16. The molecule has 0 radical (unpaired) electrons. The van der Waals surface area contributed by atoms with Gasteiger partial charge in [0.2, 0.25) is 5.91 Å². The summed E-state index contributed by atoms with van der Waals surface area (Å²) >= 11 is 1.33. The van der Waals surface area contributed by atoms with E-state index in [1.54, 1.807) is 24.0 Å². The summed E-state index contributed by atoms with van der Waals surface area (Å²) in [5.41, 5.74) is 4.86. The first-order valence-electron chi connectivity index (χ1n) is 10.2. The summed E-state index contributed by atoms with van der Waals surface area (Å²) < 4.78 is 1.29. The third kappa shape index (κ3) is 4.04. The third-order valence-corrected chi connectivity index (χ3v) is 6.19. The Bertz CT molecular complexity index is 1030. The van der Waals surface area contributed by atoms with E-state index >= 15 is 0 Å². The van der Waals surface area contributed by atoms with Gasteiger partial charge in [0.25, 0.3) is 11.5 Å². The highest BCUT2D eigenvalue weighted by Gasteiger charge is 2.38. The van der Waals surface area contributed by atoms with Crippen molar-refractivity contribution in [2.24, 2.45) is 0 Å². The number of nitrogens with zero attached hydrogens (tertiary/aromatic N) is 3. The van der Waals surface area contributed by atoms with E-state index in [9.17, 15) is 19.2 Å². The van der Waals surface area contributed by atoms with E-state index in [1.807, 2.05) is 12.3 Å². The van der Waals surface area contributed by atoms with Gasteiger partial charge in [0, 0.05) is 19.6 Å². The fraction of sp³-hybridized carbons (Fsp3) is 0.500. The fourth-order valence-corrected chi connectivity index (χ4v) is 4.47. The van der Waals surface area contributed by atoms with Crippen molar-refractivity contribution in [3.05, 3.63) is 43.2 Å². The average Bonchev–Trinajstić information content (AvgIpc) is 3.42. The molecule has 1 aliphatic heterocycles. The second kappa shape index (κ2) is 9.29. The normalized spacial score (nSPS) is 16.1. The first kappa shape index (κ1) is 21.8. The summed E-state index contributed by atoms with van der Waals surface area (Å²) in [6.07, 6.45) is 2.77. The van der Waals surface area contributed by atoms with Crippen LogP contribution in [0.15, 0.2) is 27.1 Å². The van der Waals surface area contributed by atoms with Crippen LogP contribution in [0.25, 0.3) is 0 Å². The van der Waals surface area contributed by atoms with Gasteiger partial charge in [-0.05, 0) is 37.6 Å². The molecule has 3 rings (SSSR count). The standard InChI is InChI=1S/C20H27N5O4S/c1-3-5-10-25-16(21)15(17(26)22-20(25)29)23(4-2)18(27)13-8-6-11-24(13)19(28)14-9-7-12-30-14/h7,9,12-13H,3-6,8,10-11,21H2,1-2H3,(H,22,26,29)/t13-/m1/s1. The Kier molecular flexibility index (Phi) is 6.76. The zero-order valence-electron chi connectivity index (χ0n) is 17.2. The van der Waals surface area contributed by atoms with Crippen LogP contribution in [0.4, 0.5) is 11.5 Å². The number of hydrogen-bond acceptors (Lipinski definition) is 6. The smallest absolute Gasteiger partial charge is 0.330 e. The van der Waals surface area contributed by atoms with Crippen LogP contribution in [0.5, 0.6) is 0 Å². The number of unbranched alkanes of at least 4 members (excludes halogenated alkanes) is 1. The number of rotatable bonds is 7. The summed E-state index contributed by atoms with van der Waals surface area (Å²) in [5.74, 6) is -0.578. The van der Waals surface area contributed by atoms with E-state index in [-0.39, 0.29) is 29.9 Å². The van der Waals surface area contributed by atoms with E-state index in [0.29, 0.717) is 37.2 Å². The molecule has 10 heteroatoms. The molecule has 0 spiro atoms. The van der Waals surface area contributed by atoms with Crippen LogP contribution in [-0.4, -0.2) is 45.4 Å². The van der Waals surface area contributed by atoms with Crippen molar-refractivity contribution in [1.82, 2.24) is 14.5 Å². The number of nitrogen functional groups attached to an aromatic ring is 1. The number of carbonyl (C=O) groups excluding carboxylic acids is 2. The fourth-order valence-electron chi connectivity index (χ4n) is 3.79. The molecule has 2 amide bonds. The molecule has 1 aliphatic rings. The number of aromatic amines is 1. The molecule has 3 heterocycles. The maximum Gasteiger partial charge on any atom is 0.330 e. The molecule has 30 heavy (non-hydrogen) atoms. The SMILES string of the molecule is CCCCn1c(N)c(N(CC)C(=O)[C@H]2CCCN2C(=O)c2cccs2)c(=O)[nH]c1=O. The minimum atomic E-state index is -0.699. The number of thiophene rings is 1. The van der Waals surface area contributed by atoms with Crippen LogP contribution in [-0.2, 0) is 11.3 Å². The molecular weight excluding hydrogens is 406 g/mol. The van der Waals surface area contributed by atoms with Gasteiger partial charge >= 0.3 is 5.69 Å². The number of amides is 2. The summed E-state index contributed by atoms with van der Waals surface area (Å²) in [6.45, 7) is 4.74. The number of likely N-dealkylation sites (N-methyl/N-ethyl adjacent to an activating group) is 1. The van der Waals surface area contributed by atoms with Gasteiger partial charge in [-0.15, -0.1) is 11.3 Å². The molecule has 1 atom stereocenters. The largest absolute Gasteiger partial charge is 0.383 e. The molecule has 0 aliphatic carbocycles. The number of likely N-dealkylation sites (tertiary alicyclic amines) is 1. The van der Waals surface area contributed by atoms with Gasteiger partial charge in [0.1, 0.15) is 11.9 Å². The number of carbonyl (C=O) groups is 2. The number of nitrogens with one attached hydrogen (secondary N) is 1. The Morgan fingerprint density at radius 3 is 2.73 bits per heavy atom. The molecule has 1 saturated heterocycles. The van der Waals surface area contributed by atoms with Gasteiger partial charge in [0.05, 0.1) is 4.88 Å². The van der Waals surface area contributed by atoms with Crippen LogP contribution in [0.1, 0.15) is 49.2 Å². The van der Waals surface area contributed by atoms with Crippen molar-refractivity contribution in [1.29, 1.82) is 0 Å². The molecule has 3 N–H and O–H groups in total. The molecule has 1 fully saturated rings. The predicted molar refractivity (Wildman–Crippen MR) is 117 cm³/mol. The molecule has 0 unspecified atom stereocenters. The first-order chi connectivity index (χ1) is 14.4. The highest BCUT2D eigenvalue weighted by Crippen LogP contribution is 2.26. The lowest BCUT2D eigenvalue weighted by Crippen LogP contribution is -2.50. The Morgan fingerprint density at radius 2 is 2.10 bits per heavy atom. The maximum absolute atomic E-state index is 13.4. The highest BCUT2D eigenvalue weighted by atomic mass is 32.1. The topological polar surface area (TPSA) is 121 Å². The monoisotopic (exact) mass is 433 g/mol. The van der Waals surface area contributed by atoms with Gasteiger partial charge in [0.15, 0.2) is 5.69 Å². The van der Waals surface area contributed by atoms with E-state index < -0.39 is 17.3 Å². The average molecular weight is 434 g/mol. The van der Waals surface area contributed by atoms with Crippen molar-refractivity contribution >= 4 is 34.7 Å². The van der Waals surface area contributed by atoms with Gasteiger partial charge in [-0.25, -0.2) is 4.79 Å². The number of nitrogens with two attached hydrogens (primary N) is 1. The maximum atomic E-state index is 13.4. The molecule has 2 aromatic rings. The third-order valence-electron chi connectivity index (χ3n) is 5.33. The minimum absolute atomic E-state index is 0.0264. The van der Waals surface area contributed by atoms with E-state index in [0.717, 1.165) is 6.42 Å². The molecular formula is C20H27N5O4S. The highest BCUT2D eigenvalue weighted by molar-refractivity contribution is 7.12. The molecule has 2 aromatic heterocycles. The summed E-state index contributed by atoms with van der Waals surface area (Å²) in [4.78, 5) is 56.8. The predicted octanol–water partition coefficient (Wildman–Crippen LogP) is 1.64. The van der Waals surface area contributed by atoms with Gasteiger partial charge in [-0.1, -0.05) is 19.4 Å². The zero-order valence-corrected chi connectivity index (χ0v) is 18.0. The number of aromatic nitrogens is 2. The second-order valence-electron chi connectivity index (χ2n) is 7.21. The zero-order chi connectivity index (χ0) is 21.8. The van der Waals surface area contributed by atoms with Crippen molar-refractivity contribution in [2.45, 2.75) is 52.1 Å². The van der Waals surface area contributed by atoms with Gasteiger partial charge in [-0.2, -0.15) is 0 Å². The van der Waals surface area contributed by atoms with E-state index in [1.165, 1.54) is 20.8 Å². The van der Waals surface area contributed by atoms with Crippen molar-refractivity contribution in [3.63, 3.8) is 0 Å². The number of H-pyrrole nitrogens is 1. The van der Waals surface area contributed by atoms with Crippen LogP contribution in [0, 0.1) is 0 Å². The lowest BCUT2D eigenvalue weighted by Gasteiger charge is -2.30. The Morgan fingerprint density at radius 1 is 1.33 bits per heavy atom. The molecule has 0 bridgehead atoms. The Labute approximate surface area is 178 Å². The van der Waals surface area contributed by atoms with Crippen LogP contribution in [0.2, 0.25) is 0 Å². The lowest BCUT2D eigenvalue weighted by molar-refractivity contribution is -0.122. The summed E-state index contributed by atoms with van der Waals surface area (Å²) in [5, 5.41) is 1.82.